The van der Waals surface area contributed by atoms with E-state index in [0.717, 1.165) is 22.9 Å². The van der Waals surface area contributed by atoms with E-state index >= 15 is 0 Å². The molecule has 1 N–H and O–H groups in total. The molecule has 3 rings (SSSR count). The zero-order chi connectivity index (χ0) is 28.6. The van der Waals surface area contributed by atoms with Crippen molar-refractivity contribution in [2.45, 2.75) is 45.7 Å². The number of anilines is 1. The van der Waals surface area contributed by atoms with Crippen molar-refractivity contribution in [3.8, 4) is 0 Å². The minimum atomic E-state index is -3.59. The van der Waals surface area contributed by atoms with Crippen LogP contribution in [0.5, 0.6) is 0 Å². The molecule has 0 bridgehead atoms. The first kappa shape index (κ1) is 29.8. The normalized spacial score (nSPS) is 12.0. The van der Waals surface area contributed by atoms with E-state index in [0.29, 0.717) is 17.7 Å². The van der Waals surface area contributed by atoms with E-state index in [9.17, 15) is 22.4 Å². The fourth-order valence-corrected chi connectivity index (χ4v) is 5.49. The van der Waals surface area contributed by atoms with Crippen molar-refractivity contribution in [1.82, 2.24) is 10.2 Å². The second-order valence-corrected chi connectivity index (χ2v) is 11.6. The lowest BCUT2D eigenvalue weighted by Crippen LogP contribution is -2.49. The monoisotopic (exact) mass is 553 g/mol. The smallest absolute Gasteiger partial charge is 0.242 e. The molecule has 0 unspecified atom stereocenters. The fraction of sp³-hybridized carbons (Fsp3) is 0.333. The van der Waals surface area contributed by atoms with Crippen LogP contribution in [0.2, 0.25) is 0 Å². The van der Waals surface area contributed by atoms with E-state index in [4.69, 9.17) is 0 Å². The number of hydrogen-bond donors (Lipinski definition) is 1. The summed E-state index contributed by atoms with van der Waals surface area (Å²) in [6.07, 6.45) is 1.73. The van der Waals surface area contributed by atoms with Gasteiger partial charge in [0.25, 0.3) is 0 Å². The molecule has 208 valence electrons. The molecule has 0 heterocycles. The van der Waals surface area contributed by atoms with Gasteiger partial charge in [-0.15, -0.1) is 0 Å². The molecule has 0 aromatic heterocycles. The highest BCUT2D eigenvalue weighted by Gasteiger charge is 2.30. The standard InChI is InChI=1S/C30H36FN3O4S/c1-22-12-13-23(2)27(19-22)34(39(4,37)38)18-8-11-29(35)33(21-25-14-16-26(31)17-15-25)28(30(36)32-3)20-24-9-6-5-7-10-24/h5-7,9-10,12-17,19,28H,8,11,18,20-21H2,1-4H3,(H,32,36)/t28-/m1/s1. The van der Waals surface area contributed by atoms with Gasteiger partial charge in [0.05, 0.1) is 11.9 Å². The lowest BCUT2D eigenvalue weighted by Gasteiger charge is -2.31. The van der Waals surface area contributed by atoms with E-state index in [1.54, 1.807) is 12.1 Å². The maximum absolute atomic E-state index is 13.7. The van der Waals surface area contributed by atoms with Gasteiger partial charge in [-0.1, -0.05) is 54.6 Å². The Morgan fingerprint density at radius 3 is 2.23 bits per heavy atom. The summed E-state index contributed by atoms with van der Waals surface area (Å²) in [6, 6.07) is 20.0. The van der Waals surface area contributed by atoms with Crippen LogP contribution < -0.4 is 9.62 Å². The number of halogens is 1. The predicted octanol–water partition coefficient (Wildman–Crippen LogP) is 4.37. The second kappa shape index (κ2) is 13.4. The zero-order valence-electron chi connectivity index (χ0n) is 22.9. The molecule has 7 nitrogen and oxygen atoms in total. The first-order chi connectivity index (χ1) is 18.5. The van der Waals surface area contributed by atoms with Gasteiger partial charge in [0.15, 0.2) is 0 Å². The van der Waals surface area contributed by atoms with E-state index in [1.165, 1.54) is 28.4 Å². The molecule has 3 aromatic carbocycles. The van der Waals surface area contributed by atoms with Crippen molar-refractivity contribution in [2.75, 3.05) is 24.2 Å². The summed E-state index contributed by atoms with van der Waals surface area (Å²) in [5, 5.41) is 2.66. The van der Waals surface area contributed by atoms with Crippen LogP contribution >= 0.6 is 0 Å². The van der Waals surface area contributed by atoms with E-state index in [1.807, 2.05) is 62.4 Å². The van der Waals surface area contributed by atoms with Gasteiger partial charge in [0.1, 0.15) is 11.9 Å². The summed E-state index contributed by atoms with van der Waals surface area (Å²) in [5.41, 5.74) is 3.90. The number of nitrogens with zero attached hydrogens (tertiary/aromatic N) is 2. The summed E-state index contributed by atoms with van der Waals surface area (Å²) >= 11 is 0. The summed E-state index contributed by atoms with van der Waals surface area (Å²) in [4.78, 5) is 28.2. The van der Waals surface area contributed by atoms with Crippen LogP contribution in [0.3, 0.4) is 0 Å². The third-order valence-corrected chi connectivity index (χ3v) is 7.75. The van der Waals surface area contributed by atoms with Crippen LogP contribution in [-0.4, -0.2) is 51.0 Å². The zero-order valence-corrected chi connectivity index (χ0v) is 23.7. The molecule has 2 amide bonds. The topological polar surface area (TPSA) is 86.8 Å². The van der Waals surface area contributed by atoms with Crippen molar-refractivity contribution in [2.24, 2.45) is 0 Å². The van der Waals surface area contributed by atoms with Gasteiger partial charge in [0.2, 0.25) is 21.8 Å². The summed E-state index contributed by atoms with van der Waals surface area (Å²) < 4.78 is 40.2. The molecular weight excluding hydrogens is 517 g/mol. The first-order valence-corrected chi connectivity index (χ1v) is 14.7. The maximum atomic E-state index is 13.7. The third kappa shape index (κ3) is 8.38. The molecule has 9 heteroatoms. The number of nitrogens with one attached hydrogen (secondary N) is 1. The number of carbonyl (C=O) groups excluding carboxylic acids is 2. The Morgan fingerprint density at radius 1 is 0.949 bits per heavy atom. The Labute approximate surface area is 230 Å². The molecule has 0 aliphatic rings. The Hall–Kier alpha value is -3.72. The van der Waals surface area contributed by atoms with E-state index in [-0.39, 0.29) is 37.7 Å². The minimum Gasteiger partial charge on any atom is -0.357 e. The average molecular weight is 554 g/mol. The number of carbonyl (C=O) groups is 2. The van der Waals surface area contributed by atoms with Gasteiger partial charge in [-0.25, -0.2) is 12.8 Å². The number of rotatable bonds is 12. The van der Waals surface area contributed by atoms with Gasteiger partial charge in [-0.3, -0.25) is 13.9 Å². The molecule has 0 aliphatic carbocycles. The minimum absolute atomic E-state index is 0.0281. The number of aryl methyl sites for hydroxylation is 2. The number of sulfonamides is 1. The molecule has 0 aliphatic heterocycles. The highest BCUT2D eigenvalue weighted by Crippen LogP contribution is 2.25. The van der Waals surface area contributed by atoms with Crippen LogP contribution in [0.15, 0.2) is 72.8 Å². The van der Waals surface area contributed by atoms with Crippen molar-refractivity contribution in [3.05, 3.63) is 101 Å². The average Bonchev–Trinajstić information content (AvgIpc) is 2.90. The SMILES string of the molecule is CNC(=O)[C@@H](Cc1ccccc1)N(Cc1ccc(F)cc1)C(=O)CCCN(c1cc(C)ccc1C)S(C)(=O)=O. The molecule has 0 saturated heterocycles. The molecule has 3 aromatic rings. The lowest BCUT2D eigenvalue weighted by atomic mass is 10.0. The van der Waals surface area contributed by atoms with Crippen LogP contribution in [0.1, 0.15) is 35.1 Å². The Balaban J connectivity index is 1.86. The highest BCUT2D eigenvalue weighted by atomic mass is 32.2. The summed E-state index contributed by atoms with van der Waals surface area (Å²) in [6.45, 7) is 3.96. The van der Waals surface area contributed by atoms with Gasteiger partial charge in [-0.2, -0.15) is 0 Å². The van der Waals surface area contributed by atoms with Crippen molar-refractivity contribution >= 4 is 27.5 Å². The Kier molecular flexibility index (Phi) is 10.2. The Bertz CT molecular complexity index is 1380. The quantitative estimate of drug-likeness (QED) is 0.361. The largest absolute Gasteiger partial charge is 0.357 e. The summed E-state index contributed by atoms with van der Waals surface area (Å²) in [5.74, 6) is -1.00. The highest BCUT2D eigenvalue weighted by molar-refractivity contribution is 7.92. The Morgan fingerprint density at radius 2 is 1.62 bits per heavy atom. The third-order valence-electron chi connectivity index (χ3n) is 6.57. The molecule has 0 spiro atoms. The summed E-state index contributed by atoms with van der Waals surface area (Å²) in [7, 11) is -2.07. The number of benzene rings is 3. The lowest BCUT2D eigenvalue weighted by molar-refractivity contribution is -0.141. The van der Waals surface area contributed by atoms with Crippen LogP contribution in [0, 0.1) is 19.7 Å². The van der Waals surface area contributed by atoms with Crippen molar-refractivity contribution < 1.29 is 22.4 Å². The van der Waals surface area contributed by atoms with Gasteiger partial charge in [0, 0.05) is 33.0 Å². The fourth-order valence-electron chi connectivity index (χ4n) is 4.48. The van der Waals surface area contributed by atoms with E-state index < -0.39 is 21.9 Å². The van der Waals surface area contributed by atoms with Crippen molar-refractivity contribution in [3.63, 3.8) is 0 Å². The first-order valence-electron chi connectivity index (χ1n) is 12.8. The van der Waals surface area contributed by atoms with E-state index in [2.05, 4.69) is 5.32 Å². The van der Waals surface area contributed by atoms with Gasteiger partial charge >= 0.3 is 0 Å². The molecular formula is C30H36FN3O4S. The van der Waals surface area contributed by atoms with Crippen LogP contribution in [0.4, 0.5) is 10.1 Å². The predicted molar refractivity (Wildman–Crippen MR) is 152 cm³/mol. The second-order valence-electron chi connectivity index (χ2n) is 9.70. The molecule has 0 radical (unpaired) electrons. The number of amides is 2. The number of likely N-dealkylation sites (N-methyl/N-ethyl adjacent to an activating group) is 1. The molecule has 0 saturated carbocycles. The maximum Gasteiger partial charge on any atom is 0.242 e. The molecule has 39 heavy (non-hydrogen) atoms. The van der Waals surface area contributed by atoms with Crippen LogP contribution in [-0.2, 0) is 32.6 Å². The molecule has 0 fully saturated rings. The van der Waals surface area contributed by atoms with Crippen molar-refractivity contribution in [1.29, 1.82) is 0 Å². The van der Waals surface area contributed by atoms with Crippen LogP contribution in [0.25, 0.3) is 0 Å². The molecule has 1 atom stereocenters. The van der Waals surface area contributed by atoms with Gasteiger partial charge < -0.3 is 10.2 Å². The number of hydrogen-bond acceptors (Lipinski definition) is 4. The van der Waals surface area contributed by atoms with Gasteiger partial charge in [-0.05, 0) is 60.7 Å².